The summed E-state index contributed by atoms with van der Waals surface area (Å²) < 4.78 is 5.49. The maximum atomic E-state index is 12.6. The second-order valence-corrected chi connectivity index (χ2v) is 27.4. The Morgan fingerprint density at radius 1 is 0.322 bits per heavy atom. The fraction of sp³-hybridized carbons (Fsp3) is 0.901. The van der Waals surface area contributed by atoms with Gasteiger partial charge in [-0.1, -0.05) is 384 Å². The van der Waals surface area contributed by atoms with Gasteiger partial charge in [0.15, 0.2) is 0 Å². The van der Waals surface area contributed by atoms with Gasteiger partial charge in [-0.3, -0.25) is 9.59 Å². The highest BCUT2D eigenvalue weighted by Crippen LogP contribution is 2.20. The van der Waals surface area contributed by atoms with Crippen molar-refractivity contribution in [1.82, 2.24) is 5.32 Å². The number of carbonyl (C=O) groups excluding carboxylic acids is 2. The lowest BCUT2D eigenvalue weighted by molar-refractivity contribution is -0.143. The van der Waals surface area contributed by atoms with Crippen LogP contribution in [0.25, 0.3) is 0 Å². The summed E-state index contributed by atoms with van der Waals surface area (Å²) in [4.78, 5) is 24.6. The Morgan fingerprint density at radius 2 is 0.575 bits per heavy atom. The van der Waals surface area contributed by atoms with Crippen LogP contribution in [0.5, 0.6) is 0 Å². The SMILES string of the molecule is CCCCC/C=C\C/C=C\CCCCCCCC(=O)OCCCCCCCCCCCCCCCC/C=C\CCCCCCCCCCCCCCCCCCCC(=O)NC(CO)C(O)CCCCCCCCCCCCCCCCCCCCCC. The van der Waals surface area contributed by atoms with Gasteiger partial charge in [0, 0.05) is 12.8 Å². The molecule has 2 atom stereocenters. The first kappa shape index (κ1) is 85.1. The Labute approximate surface area is 544 Å². The summed E-state index contributed by atoms with van der Waals surface area (Å²) in [6.07, 6.45) is 99.5. The summed E-state index contributed by atoms with van der Waals surface area (Å²) in [6, 6.07) is -0.540. The van der Waals surface area contributed by atoms with Crippen LogP contribution in [0.15, 0.2) is 36.5 Å². The minimum absolute atomic E-state index is 0.00679. The molecule has 1 amide bonds. The van der Waals surface area contributed by atoms with Gasteiger partial charge in [0.25, 0.3) is 0 Å². The summed E-state index contributed by atoms with van der Waals surface area (Å²) in [5.74, 6) is -0.0199. The number of hydrogen-bond acceptors (Lipinski definition) is 5. The third-order valence-corrected chi connectivity index (χ3v) is 18.7. The van der Waals surface area contributed by atoms with Gasteiger partial charge >= 0.3 is 5.97 Å². The van der Waals surface area contributed by atoms with Gasteiger partial charge in [0.2, 0.25) is 5.91 Å². The molecule has 0 rings (SSSR count). The van der Waals surface area contributed by atoms with Crippen LogP contribution in [0.3, 0.4) is 0 Å². The van der Waals surface area contributed by atoms with Crippen molar-refractivity contribution in [1.29, 1.82) is 0 Å². The van der Waals surface area contributed by atoms with Crippen molar-refractivity contribution in [2.24, 2.45) is 0 Å². The number of nitrogens with one attached hydrogen (secondary N) is 1. The van der Waals surface area contributed by atoms with Crippen molar-refractivity contribution in [3.63, 3.8) is 0 Å². The zero-order chi connectivity index (χ0) is 62.8. The fourth-order valence-corrected chi connectivity index (χ4v) is 12.6. The van der Waals surface area contributed by atoms with E-state index in [2.05, 4.69) is 55.6 Å². The van der Waals surface area contributed by atoms with Gasteiger partial charge in [-0.05, 0) is 83.5 Å². The maximum absolute atomic E-state index is 12.6. The average molecular weight is 1220 g/mol. The predicted molar refractivity (Wildman–Crippen MR) is 384 cm³/mol. The molecule has 0 heterocycles. The molecule has 0 spiro atoms. The standard InChI is InChI=1S/C81H155NO5/c1-3-5-7-9-11-13-15-17-19-20-21-39-42-46-49-53-57-61-65-69-73-79(84)78(77-83)82-80(85)74-70-66-62-58-54-50-47-43-40-37-35-33-31-29-27-25-23-22-24-26-28-30-32-34-36-38-41-44-48-52-56-60-64-68-72-76-87-81(86)75-71-67-63-59-55-51-45-18-16-14-12-10-8-6-4-2/h12,14,18,24,26,45,78-79,83-84H,3-11,13,15-17,19-23,25,27-44,46-77H2,1-2H3,(H,82,85)/b14-12-,26-24-,45-18-. The van der Waals surface area contributed by atoms with E-state index in [4.69, 9.17) is 4.74 Å². The van der Waals surface area contributed by atoms with Crippen LogP contribution in [-0.4, -0.2) is 47.4 Å². The first-order valence-electron chi connectivity index (χ1n) is 39.7. The summed E-state index contributed by atoms with van der Waals surface area (Å²) in [5.41, 5.74) is 0. The molecule has 87 heavy (non-hydrogen) atoms. The number of amides is 1. The van der Waals surface area contributed by atoms with Crippen LogP contribution in [0.4, 0.5) is 0 Å². The van der Waals surface area contributed by atoms with E-state index < -0.39 is 12.1 Å². The van der Waals surface area contributed by atoms with Crippen LogP contribution >= 0.6 is 0 Å². The lowest BCUT2D eigenvalue weighted by Gasteiger charge is -2.22. The first-order valence-corrected chi connectivity index (χ1v) is 39.7. The Morgan fingerprint density at radius 3 is 0.908 bits per heavy atom. The quantitative estimate of drug-likeness (QED) is 0.0320. The minimum Gasteiger partial charge on any atom is -0.466 e. The molecular weight excluding hydrogens is 1070 g/mol. The summed E-state index contributed by atoms with van der Waals surface area (Å²) in [5, 5.41) is 23.4. The average Bonchev–Trinajstić information content (AvgIpc) is 3.52. The number of ether oxygens (including phenoxy) is 1. The number of rotatable bonds is 75. The fourth-order valence-electron chi connectivity index (χ4n) is 12.6. The molecule has 0 aliphatic carbocycles. The third kappa shape index (κ3) is 73.0. The largest absolute Gasteiger partial charge is 0.466 e. The molecule has 0 aromatic carbocycles. The first-order chi connectivity index (χ1) is 43.0. The van der Waals surface area contributed by atoms with E-state index in [9.17, 15) is 19.8 Å². The zero-order valence-electron chi connectivity index (χ0n) is 59.0. The van der Waals surface area contributed by atoms with Crippen LogP contribution in [0.2, 0.25) is 0 Å². The van der Waals surface area contributed by atoms with Crippen LogP contribution in [0.1, 0.15) is 444 Å². The van der Waals surface area contributed by atoms with E-state index in [1.54, 1.807) is 0 Å². The smallest absolute Gasteiger partial charge is 0.305 e. The van der Waals surface area contributed by atoms with Crippen molar-refractivity contribution in [2.75, 3.05) is 13.2 Å². The molecule has 6 nitrogen and oxygen atoms in total. The van der Waals surface area contributed by atoms with Gasteiger partial charge in [0.1, 0.15) is 0 Å². The molecule has 0 aromatic rings. The van der Waals surface area contributed by atoms with E-state index >= 15 is 0 Å². The van der Waals surface area contributed by atoms with Gasteiger partial charge < -0.3 is 20.3 Å². The van der Waals surface area contributed by atoms with Crippen LogP contribution in [0, 0.1) is 0 Å². The number of hydrogen-bond donors (Lipinski definition) is 3. The highest BCUT2D eigenvalue weighted by atomic mass is 16.5. The molecule has 0 aliphatic heterocycles. The van der Waals surface area contributed by atoms with Crippen molar-refractivity contribution in [3.05, 3.63) is 36.5 Å². The number of allylic oxidation sites excluding steroid dienone is 6. The van der Waals surface area contributed by atoms with E-state index in [0.717, 1.165) is 51.4 Å². The van der Waals surface area contributed by atoms with E-state index in [-0.39, 0.29) is 18.5 Å². The number of aliphatic hydroxyl groups excluding tert-OH is 2. The molecule has 514 valence electrons. The van der Waals surface area contributed by atoms with Crippen LogP contribution < -0.4 is 5.32 Å². The second-order valence-electron chi connectivity index (χ2n) is 27.4. The third-order valence-electron chi connectivity index (χ3n) is 18.7. The number of esters is 1. The number of unbranched alkanes of at least 4 members (excludes halogenated alkanes) is 58. The van der Waals surface area contributed by atoms with Gasteiger partial charge in [-0.15, -0.1) is 0 Å². The molecule has 0 aliphatic rings. The predicted octanol–water partition coefficient (Wildman–Crippen LogP) is 26.2. The normalized spacial score (nSPS) is 12.6. The lowest BCUT2D eigenvalue weighted by Crippen LogP contribution is -2.45. The summed E-state index contributed by atoms with van der Waals surface area (Å²) >= 11 is 0. The van der Waals surface area contributed by atoms with Gasteiger partial charge in [0.05, 0.1) is 25.4 Å². The van der Waals surface area contributed by atoms with E-state index in [1.165, 1.54) is 360 Å². The summed E-state index contributed by atoms with van der Waals surface area (Å²) in [7, 11) is 0. The Bertz CT molecular complexity index is 1410. The molecule has 0 fully saturated rings. The monoisotopic (exact) mass is 1220 g/mol. The van der Waals surface area contributed by atoms with Crippen molar-refractivity contribution in [3.8, 4) is 0 Å². The minimum atomic E-state index is -0.663. The molecule has 0 bridgehead atoms. The summed E-state index contributed by atoms with van der Waals surface area (Å²) in [6.45, 7) is 4.97. The topological polar surface area (TPSA) is 95.9 Å². The molecule has 0 saturated carbocycles. The second kappa shape index (κ2) is 76.5. The maximum Gasteiger partial charge on any atom is 0.305 e. The van der Waals surface area contributed by atoms with Gasteiger partial charge in [-0.25, -0.2) is 0 Å². The lowest BCUT2D eigenvalue weighted by atomic mass is 10.0. The van der Waals surface area contributed by atoms with Crippen molar-refractivity contribution < 1.29 is 24.5 Å². The Hall–Kier alpha value is -1.92. The van der Waals surface area contributed by atoms with E-state index in [0.29, 0.717) is 25.9 Å². The van der Waals surface area contributed by atoms with Crippen LogP contribution in [-0.2, 0) is 14.3 Å². The van der Waals surface area contributed by atoms with Crippen molar-refractivity contribution >= 4 is 11.9 Å². The molecule has 0 aromatic heterocycles. The van der Waals surface area contributed by atoms with E-state index in [1.807, 2.05) is 0 Å². The number of aliphatic hydroxyl groups is 2. The Balaban J connectivity index is 3.34. The zero-order valence-corrected chi connectivity index (χ0v) is 59.0. The highest BCUT2D eigenvalue weighted by Gasteiger charge is 2.20. The highest BCUT2D eigenvalue weighted by molar-refractivity contribution is 5.76. The molecule has 0 radical (unpaired) electrons. The molecule has 0 saturated heterocycles. The van der Waals surface area contributed by atoms with Gasteiger partial charge in [-0.2, -0.15) is 0 Å². The molecule has 3 N–H and O–H groups in total. The number of carbonyl (C=O) groups is 2. The molecular formula is C81H155NO5. The van der Waals surface area contributed by atoms with Crippen molar-refractivity contribution in [2.45, 2.75) is 456 Å². The Kier molecular flexibility index (Phi) is 74.8. The molecule has 6 heteroatoms. The molecule has 2 unspecified atom stereocenters.